The van der Waals surface area contributed by atoms with Crippen LogP contribution in [0.1, 0.15) is 15.9 Å². The molecule has 0 saturated heterocycles. The molecule has 9 heteroatoms. The topological polar surface area (TPSA) is 116 Å². The van der Waals surface area contributed by atoms with Crippen LogP contribution in [0.25, 0.3) is 0 Å². The molecule has 24 heavy (non-hydrogen) atoms. The lowest BCUT2D eigenvalue weighted by Crippen LogP contribution is -2.19. The molecule has 0 heterocycles. The average Bonchev–Trinajstić information content (AvgIpc) is 2.60. The number of hydrogen-bond donors (Lipinski definition) is 1. The lowest BCUT2D eigenvalue weighted by Gasteiger charge is -2.07. The second-order valence-corrected chi connectivity index (χ2v) is 6.63. The normalized spacial score (nSPS) is 11.0. The summed E-state index contributed by atoms with van der Waals surface area (Å²) in [7, 11) is -2.40. The molecular weight excluding hydrogens is 336 g/mol. The van der Waals surface area contributed by atoms with Gasteiger partial charge in [-0.3, -0.25) is 10.1 Å². The van der Waals surface area contributed by atoms with Gasteiger partial charge in [0.25, 0.3) is 5.69 Å². The van der Waals surface area contributed by atoms with E-state index in [0.717, 1.165) is 0 Å². The minimum atomic E-state index is -3.67. The summed E-state index contributed by atoms with van der Waals surface area (Å²) in [6.07, 6.45) is 0. The molecule has 8 nitrogen and oxygen atoms in total. The summed E-state index contributed by atoms with van der Waals surface area (Å²) in [6, 6.07) is 11.1. The minimum Gasteiger partial charge on any atom is -0.457 e. The molecule has 2 aromatic carbocycles. The number of nitro benzene ring substituents is 1. The predicted octanol–water partition coefficient (Wildman–Crippen LogP) is 1.86. The summed E-state index contributed by atoms with van der Waals surface area (Å²) in [6.45, 7) is -0.163. The first kappa shape index (κ1) is 17.6. The number of nitrogens with one attached hydrogen (secondary N) is 1. The number of benzene rings is 2. The van der Waals surface area contributed by atoms with Crippen molar-refractivity contribution in [3.05, 3.63) is 69.8 Å². The second-order valence-electron chi connectivity index (χ2n) is 4.74. The number of carbonyl (C=O) groups is 1. The van der Waals surface area contributed by atoms with Crippen molar-refractivity contribution in [1.82, 2.24) is 4.72 Å². The van der Waals surface area contributed by atoms with E-state index in [4.69, 9.17) is 4.74 Å². The first-order valence-corrected chi connectivity index (χ1v) is 8.26. The van der Waals surface area contributed by atoms with Crippen molar-refractivity contribution in [2.24, 2.45) is 0 Å². The zero-order valence-corrected chi connectivity index (χ0v) is 13.4. The van der Waals surface area contributed by atoms with E-state index < -0.39 is 20.9 Å². The van der Waals surface area contributed by atoms with Gasteiger partial charge in [-0.05, 0) is 30.8 Å². The van der Waals surface area contributed by atoms with Gasteiger partial charge in [0.15, 0.2) is 0 Å². The molecule has 0 unspecified atom stereocenters. The standard InChI is InChI=1S/C15H14N2O6S/c1-16-24(21,22)14-7-3-5-12(9-14)15(18)23-10-11-4-2-6-13(8-11)17(19)20/h2-9,16H,10H2,1H3. The van der Waals surface area contributed by atoms with Crippen molar-refractivity contribution in [1.29, 1.82) is 0 Å². The minimum absolute atomic E-state index is 0.0604. The van der Waals surface area contributed by atoms with Gasteiger partial charge in [0.2, 0.25) is 10.0 Å². The first-order valence-electron chi connectivity index (χ1n) is 6.77. The van der Waals surface area contributed by atoms with E-state index in [-0.39, 0.29) is 22.8 Å². The highest BCUT2D eigenvalue weighted by Crippen LogP contribution is 2.16. The van der Waals surface area contributed by atoms with Gasteiger partial charge >= 0.3 is 5.97 Å². The number of ether oxygens (including phenoxy) is 1. The molecule has 1 N–H and O–H groups in total. The maximum atomic E-state index is 12.0. The molecule has 2 aromatic rings. The van der Waals surface area contributed by atoms with Crippen molar-refractivity contribution in [3.63, 3.8) is 0 Å². The number of carbonyl (C=O) groups excluding carboxylic acids is 1. The van der Waals surface area contributed by atoms with Gasteiger partial charge in [0.05, 0.1) is 15.4 Å². The van der Waals surface area contributed by atoms with Crippen LogP contribution in [0, 0.1) is 10.1 Å². The second kappa shape index (κ2) is 7.20. The van der Waals surface area contributed by atoms with Crippen LogP contribution in [0.4, 0.5) is 5.69 Å². The number of hydrogen-bond acceptors (Lipinski definition) is 6. The lowest BCUT2D eigenvalue weighted by atomic mass is 10.2. The third-order valence-electron chi connectivity index (χ3n) is 3.14. The predicted molar refractivity (Wildman–Crippen MR) is 84.9 cm³/mol. The van der Waals surface area contributed by atoms with Crippen molar-refractivity contribution >= 4 is 21.7 Å². The van der Waals surface area contributed by atoms with E-state index in [2.05, 4.69) is 4.72 Å². The smallest absolute Gasteiger partial charge is 0.338 e. The molecule has 0 aromatic heterocycles. The number of nitro groups is 1. The maximum absolute atomic E-state index is 12.0. The van der Waals surface area contributed by atoms with Gasteiger partial charge in [-0.15, -0.1) is 0 Å². The highest BCUT2D eigenvalue weighted by atomic mass is 32.2. The summed E-state index contributed by atoms with van der Waals surface area (Å²) in [5.74, 6) is -0.727. The van der Waals surface area contributed by atoms with Gasteiger partial charge in [-0.2, -0.15) is 0 Å². The van der Waals surface area contributed by atoms with E-state index in [1.807, 2.05) is 0 Å². The number of nitrogens with zero attached hydrogens (tertiary/aromatic N) is 1. The molecule has 0 aliphatic heterocycles. The van der Waals surface area contributed by atoms with E-state index >= 15 is 0 Å². The molecule has 0 radical (unpaired) electrons. The summed E-state index contributed by atoms with van der Waals surface area (Å²) >= 11 is 0. The van der Waals surface area contributed by atoms with E-state index in [9.17, 15) is 23.3 Å². The van der Waals surface area contributed by atoms with Crippen molar-refractivity contribution in [2.75, 3.05) is 7.05 Å². The number of sulfonamides is 1. The Bertz CT molecular complexity index is 879. The Morgan fingerprint density at radius 2 is 1.92 bits per heavy atom. The fourth-order valence-electron chi connectivity index (χ4n) is 1.90. The zero-order chi connectivity index (χ0) is 17.7. The number of rotatable bonds is 6. The monoisotopic (exact) mass is 350 g/mol. The molecule has 0 aliphatic rings. The lowest BCUT2D eigenvalue weighted by molar-refractivity contribution is -0.384. The van der Waals surface area contributed by atoms with E-state index in [1.54, 1.807) is 6.07 Å². The van der Waals surface area contributed by atoms with E-state index in [0.29, 0.717) is 5.56 Å². The van der Waals surface area contributed by atoms with Crippen LogP contribution in [0.15, 0.2) is 53.4 Å². The molecule has 0 fully saturated rings. The van der Waals surface area contributed by atoms with Crippen molar-refractivity contribution in [2.45, 2.75) is 11.5 Å². The third-order valence-corrected chi connectivity index (χ3v) is 4.55. The molecule has 0 amide bonds. The molecule has 2 rings (SSSR count). The molecule has 0 aliphatic carbocycles. The number of non-ortho nitro benzene ring substituents is 1. The van der Waals surface area contributed by atoms with Crippen LogP contribution in [-0.4, -0.2) is 26.4 Å². The molecule has 0 saturated carbocycles. The third kappa shape index (κ3) is 4.15. The van der Waals surface area contributed by atoms with Crippen LogP contribution >= 0.6 is 0 Å². The Labute approximate surface area is 138 Å². The maximum Gasteiger partial charge on any atom is 0.338 e. The molecule has 0 spiro atoms. The first-order chi connectivity index (χ1) is 11.3. The van der Waals surface area contributed by atoms with Crippen LogP contribution in [0.5, 0.6) is 0 Å². The summed E-state index contributed by atoms with van der Waals surface area (Å²) in [4.78, 5) is 22.1. The van der Waals surface area contributed by atoms with Crippen LogP contribution < -0.4 is 4.72 Å². The Morgan fingerprint density at radius 3 is 2.58 bits per heavy atom. The van der Waals surface area contributed by atoms with Gasteiger partial charge in [-0.1, -0.05) is 18.2 Å². The van der Waals surface area contributed by atoms with Crippen LogP contribution in [-0.2, 0) is 21.4 Å². The highest BCUT2D eigenvalue weighted by molar-refractivity contribution is 7.89. The van der Waals surface area contributed by atoms with Crippen molar-refractivity contribution in [3.8, 4) is 0 Å². The Kier molecular flexibility index (Phi) is 5.27. The SMILES string of the molecule is CNS(=O)(=O)c1cccc(C(=O)OCc2cccc([N+](=O)[O-])c2)c1. The Balaban J connectivity index is 2.12. The van der Waals surface area contributed by atoms with Gasteiger partial charge in [0.1, 0.15) is 6.61 Å². The summed E-state index contributed by atoms with van der Waals surface area (Å²) in [5.41, 5.74) is 0.416. The van der Waals surface area contributed by atoms with Gasteiger partial charge < -0.3 is 4.74 Å². The largest absolute Gasteiger partial charge is 0.457 e. The molecular formula is C15H14N2O6S. The Morgan fingerprint density at radius 1 is 1.21 bits per heavy atom. The quantitative estimate of drug-likeness (QED) is 0.483. The van der Waals surface area contributed by atoms with E-state index in [1.165, 1.54) is 49.5 Å². The van der Waals surface area contributed by atoms with Gasteiger partial charge in [-0.25, -0.2) is 17.9 Å². The van der Waals surface area contributed by atoms with Gasteiger partial charge in [0, 0.05) is 12.1 Å². The highest BCUT2D eigenvalue weighted by Gasteiger charge is 2.15. The average molecular weight is 350 g/mol. The summed E-state index contributed by atoms with van der Waals surface area (Å²) in [5, 5.41) is 10.7. The summed E-state index contributed by atoms with van der Waals surface area (Å²) < 4.78 is 30.7. The molecule has 126 valence electrons. The molecule has 0 atom stereocenters. The molecule has 0 bridgehead atoms. The zero-order valence-electron chi connectivity index (χ0n) is 12.6. The fraction of sp³-hybridized carbons (Fsp3) is 0.133. The fourth-order valence-corrected chi connectivity index (χ4v) is 2.68. The van der Waals surface area contributed by atoms with Crippen LogP contribution in [0.3, 0.4) is 0 Å². The Hall–Kier alpha value is -2.78. The van der Waals surface area contributed by atoms with Crippen molar-refractivity contribution < 1.29 is 22.9 Å². The van der Waals surface area contributed by atoms with Crippen LogP contribution in [0.2, 0.25) is 0 Å². The number of esters is 1.